The van der Waals surface area contributed by atoms with Gasteiger partial charge in [-0.3, -0.25) is 4.79 Å². The first-order chi connectivity index (χ1) is 9.51. The molecule has 0 bridgehead atoms. The van der Waals surface area contributed by atoms with Crippen LogP contribution in [0.2, 0.25) is 0 Å². The molecule has 4 heteroatoms. The highest BCUT2D eigenvalue weighted by molar-refractivity contribution is 6.02. The highest BCUT2D eigenvalue weighted by atomic mass is 16.5. The van der Waals surface area contributed by atoms with Gasteiger partial charge in [0.2, 0.25) is 0 Å². The fourth-order valence-corrected chi connectivity index (χ4v) is 2.22. The maximum Gasteiger partial charge on any atom is 0.173 e. The van der Waals surface area contributed by atoms with Crippen molar-refractivity contribution in [3.63, 3.8) is 0 Å². The van der Waals surface area contributed by atoms with Crippen molar-refractivity contribution in [2.75, 3.05) is 14.2 Å². The third-order valence-electron chi connectivity index (χ3n) is 3.42. The standard InChI is InChI=1S/C16H25NO3/c1-11(7-5-8-12(2)17)16(18)15-13(19-3)9-6-10-14(15)20-4/h6,9-12H,5,7-8,17H2,1-4H3. The summed E-state index contributed by atoms with van der Waals surface area (Å²) in [4.78, 5) is 12.6. The van der Waals surface area contributed by atoms with Gasteiger partial charge in [0.15, 0.2) is 5.78 Å². The summed E-state index contributed by atoms with van der Waals surface area (Å²) in [6.45, 7) is 3.92. The number of Topliss-reactive ketones (excluding diaryl/α,β-unsaturated/α-hetero) is 1. The minimum Gasteiger partial charge on any atom is -0.496 e. The molecule has 2 atom stereocenters. The molecule has 20 heavy (non-hydrogen) atoms. The van der Waals surface area contributed by atoms with Gasteiger partial charge in [-0.25, -0.2) is 0 Å². The van der Waals surface area contributed by atoms with Gasteiger partial charge in [0.05, 0.1) is 14.2 Å². The minimum absolute atomic E-state index is 0.0592. The number of carbonyl (C=O) groups is 1. The molecule has 1 aromatic carbocycles. The van der Waals surface area contributed by atoms with Gasteiger partial charge in [-0.05, 0) is 31.9 Å². The van der Waals surface area contributed by atoms with Crippen LogP contribution in [0.1, 0.15) is 43.5 Å². The second-order valence-corrected chi connectivity index (χ2v) is 5.21. The number of nitrogens with two attached hydrogens (primary N) is 1. The van der Waals surface area contributed by atoms with Gasteiger partial charge >= 0.3 is 0 Å². The first kappa shape index (κ1) is 16.5. The first-order valence-electron chi connectivity index (χ1n) is 7.02. The number of carbonyl (C=O) groups excluding carboxylic acids is 1. The van der Waals surface area contributed by atoms with Crippen molar-refractivity contribution in [2.24, 2.45) is 11.7 Å². The lowest BCUT2D eigenvalue weighted by atomic mass is 9.92. The third-order valence-corrected chi connectivity index (χ3v) is 3.42. The van der Waals surface area contributed by atoms with E-state index >= 15 is 0 Å². The van der Waals surface area contributed by atoms with Gasteiger partial charge in [0.1, 0.15) is 17.1 Å². The molecule has 0 saturated heterocycles. The number of ether oxygens (including phenoxy) is 2. The molecule has 0 aromatic heterocycles. The van der Waals surface area contributed by atoms with Crippen LogP contribution in [0.3, 0.4) is 0 Å². The smallest absolute Gasteiger partial charge is 0.173 e. The van der Waals surface area contributed by atoms with Crippen LogP contribution in [0.5, 0.6) is 11.5 Å². The summed E-state index contributed by atoms with van der Waals surface area (Å²) in [7, 11) is 3.12. The zero-order valence-corrected chi connectivity index (χ0v) is 12.8. The highest BCUT2D eigenvalue weighted by Crippen LogP contribution is 2.31. The van der Waals surface area contributed by atoms with Crippen LogP contribution in [0.4, 0.5) is 0 Å². The number of benzene rings is 1. The molecule has 0 aliphatic carbocycles. The van der Waals surface area contributed by atoms with Crippen molar-refractivity contribution >= 4 is 5.78 Å². The van der Waals surface area contributed by atoms with Crippen molar-refractivity contribution in [3.05, 3.63) is 23.8 Å². The normalized spacial score (nSPS) is 13.7. The largest absolute Gasteiger partial charge is 0.496 e. The van der Waals surface area contributed by atoms with E-state index in [1.807, 2.05) is 19.9 Å². The molecular weight excluding hydrogens is 254 g/mol. The molecule has 2 N–H and O–H groups in total. The second-order valence-electron chi connectivity index (χ2n) is 5.21. The summed E-state index contributed by atoms with van der Waals surface area (Å²) in [5.41, 5.74) is 6.27. The molecule has 0 spiro atoms. The van der Waals surface area contributed by atoms with Gasteiger partial charge in [-0.1, -0.05) is 19.4 Å². The van der Waals surface area contributed by atoms with Gasteiger partial charge < -0.3 is 15.2 Å². The Morgan fingerprint density at radius 1 is 1.15 bits per heavy atom. The Hall–Kier alpha value is -1.55. The van der Waals surface area contributed by atoms with Crippen LogP contribution >= 0.6 is 0 Å². The minimum atomic E-state index is -0.0704. The maximum atomic E-state index is 12.6. The van der Waals surface area contributed by atoms with Crippen LogP contribution in [0.25, 0.3) is 0 Å². The molecule has 112 valence electrons. The molecule has 1 rings (SSSR count). The fraction of sp³-hybridized carbons (Fsp3) is 0.562. The van der Waals surface area contributed by atoms with Crippen molar-refractivity contribution in [2.45, 2.75) is 39.2 Å². The SMILES string of the molecule is COc1cccc(OC)c1C(=O)C(C)CCCC(C)N. The molecule has 0 radical (unpaired) electrons. The lowest BCUT2D eigenvalue weighted by Gasteiger charge is -2.16. The predicted octanol–water partition coefficient (Wildman–Crippen LogP) is 3.04. The van der Waals surface area contributed by atoms with E-state index in [9.17, 15) is 4.79 Å². The Labute approximate surface area is 121 Å². The van der Waals surface area contributed by atoms with E-state index < -0.39 is 0 Å². The molecule has 0 aliphatic heterocycles. The van der Waals surface area contributed by atoms with E-state index in [1.54, 1.807) is 26.4 Å². The summed E-state index contributed by atoms with van der Waals surface area (Å²) < 4.78 is 10.6. The van der Waals surface area contributed by atoms with E-state index in [-0.39, 0.29) is 17.7 Å². The van der Waals surface area contributed by atoms with Crippen molar-refractivity contribution < 1.29 is 14.3 Å². The topological polar surface area (TPSA) is 61.5 Å². The molecule has 0 saturated carbocycles. The Balaban J connectivity index is 2.85. The van der Waals surface area contributed by atoms with Gasteiger partial charge in [0.25, 0.3) is 0 Å². The zero-order valence-electron chi connectivity index (χ0n) is 12.8. The lowest BCUT2D eigenvalue weighted by Crippen LogP contribution is -2.17. The monoisotopic (exact) mass is 279 g/mol. The van der Waals surface area contributed by atoms with Crippen molar-refractivity contribution in [1.29, 1.82) is 0 Å². The number of hydrogen-bond donors (Lipinski definition) is 1. The van der Waals surface area contributed by atoms with E-state index in [1.165, 1.54) is 0 Å². The summed E-state index contributed by atoms with van der Waals surface area (Å²) in [5.74, 6) is 1.12. The molecule has 4 nitrogen and oxygen atoms in total. The molecule has 1 aromatic rings. The Morgan fingerprint density at radius 3 is 2.15 bits per heavy atom. The quantitative estimate of drug-likeness (QED) is 0.743. The summed E-state index contributed by atoms with van der Waals surface area (Å²) in [6.07, 6.45) is 2.70. The molecule has 0 heterocycles. The Kier molecular flexibility index (Phi) is 6.52. The summed E-state index contributed by atoms with van der Waals surface area (Å²) >= 11 is 0. The molecule has 0 aliphatic rings. The summed E-state index contributed by atoms with van der Waals surface area (Å²) in [5, 5.41) is 0. The van der Waals surface area contributed by atoms with Gasteiger partial charge in [0, 0.05) is 12.0 Å². The predicted molar refractivity (Wildman–Crippen MR) is 80.5 cm³/mol. The molecule has 2 unspecified atom stereocenters. The highest BCUT2D eigenvalue weighted by Gasteiger charge is 2.23. The van der Waals surface area contributed by atoms with Gasteiger partial charge in [-0.2, -0.15) is 0 Å². The first-order valence-corrected chi connectivity index (χ1v) is 7.02. The average Bonchev–Trinajstić information content (AvgIpc) is 2.44. The number of ketones is 1. The molecular formula is C16H25NO3. The van der Waals surface area contributed by atoms with Crippen LogP contribution in [-0.2, 0) is 0 Å². The maximum absolute atomic E-state index is 12.6. The van der Waals surface area contributed by atoms with Crippen LogP contribution in [0.15, 0.2) is 18.2 Å². The Morgan fingerprint density at radius 2 is 1.70 bits per heavy atom. The van der Waals surface area contributed by atoms with E-state index in [4.69, 9.17) is 15.2 Å². The van der Waals surface area contributed by atoms with Crippen molar-refractivity contribution in [3.8, 4) is 11.5 Å². The van der Waals surface area contributed by atoms with Crippen LogP contribution in [0, 0.1) is 5.92 Å². The number of rotatable bonds is 8. The Bertz CT molecular complexity index is 421. The molecule has 0 fully saturated rings. The zero-order chi connectivity index (χ0) is 15.1. The van der Waals surface area contributed by atoms with E-state index in [2.05, 4.69) is 0 Å². The van der Waals surface area contributed by atoms with Crippen molar-refractivity contribution in [1.82, 2.24) is 0 Å². The average molecular weight is 279 g/mol. The van der Waals surface area contributed by atoms with Gasteiger partial charge in [-0.15, -0.1) is 0 Å². The number of methoxy groups -OCH3 is 2. The lowest BCUT2D eigenvalue weighted by molar-refractivity contribution is 0.0915. The third kappa shape index (κ3) is 4.23. The second kappa shape index (κ2) is 7.90. The fourth-order valence-electron chi connectivity index (χ4n) is 2.22. The number of hydrogen-bond acceptors (Lipinski definition) is 4. The van der Waals surface area contributed by atoms with Crippen LogP contribution < -0.4 is 15.2 Å². The van der Waals surface area contributed by atoms with E-state index in [0.717, 1.165) is 19.3 Å². The summed E-state index contributed by atoms with van der Waals surface area (Å²) in [6, 6.07) is 5.56. The molecule has 0 amide bonds. The van der Waals surface area contributed by atoms with Crippen LogP contribution in [-0.4, -0.2) is 26.0 Å². The van der Waals surface area contributed by atoms with E-state index in [0.29, 0.717) is 17.1 Å².